The smallest absolute Gasteiger partial charge is 0.186 e. The van der Waals surface area contributed by atoms with Gasteiger partial charge in [0.2, 0.25) is 0 Å². The number of hydrogen-bond acceptors (Lipinski definition) is 7. The van der Waals surface area contributed by atoms with Gasteiger partial charge in [0.25, 0.3) is 0 Å². The van der Waals surface area contributed by atoms with Crippen LogP contribution in [0.15, 0.2) is 75.5 Å². The molecule has 168 valence electrons. The normalized spacial score (nSPS) is 15.8. The molecule has 5 rings (SSSR count). The van der Waals surface area contributed by atoms with Gasteiger partial charge in [-0.05, 0) is 54.0 Å². The van der Waals surface area contributed by atoms with Crippen LogP contribution in [0, 0.1) is 5.82 Å². The second kappa shape index (κ2) is 8.90. The molecule has 0 saturated heterocycles. The molecule has 0 bridgehead atoms. The molecule has 0 spiro atoms. The van der Waals surface area contributed by atoms with Crippen molar-refractivity contribution >= 4 is 39.0 Å². The highest BCUT2D eigenvalue weighted by atomic mass is 32.2. The SMILES string of the molecule is CCC(O)(c1cnc(S(=O)c2ccc3c(c2)OCC=C3c2ccc(F)cc2)s1)c1nccs1. The van der Waals surface area contributed by atoms with E-state index in [2.05, 4.69) is 9.97 Å². The van der Waals surface area contributed by atoms with Crippen molar-refractivity contribution in [3.8, 4) is 5.75 Å². The van der Waals surface area contributed by atoms with Crippen LogP contribution < -0.4 is 4.74 Å². The van der Waals surface area contributed by atoms with Crippen LogP contribution in [0.4, 0.5) is 4.39 Å². The fraction of sp³-hybridized carbons (Fsp3) is 0.167. The largest absolute Gasteiger partial charge is 0.489 e. The Balaban J connectivity index is 1.44. The monoisotopic (exact) mass is 498 g/mol. The third-order valence-electron chi connectivity index (χ3n) is 5.49. The maximum atomic E-state index is 13.3. The summed E-state index contributed by atoms with van der Waals surface area (Å²) in [4.78, 5) is 9.78. The molecule has 1 aliphatic rings. The highest BCUT2D eigenvalue weighted by Crippen LogP contribution is 2.40. The minimum absolute atomic E-state index is 0.287. The van der Waals surface area contributed by atoms with Gasteiger partial charge in [-0.3, -0.25) is 0 Å². The molecule has 2 aromatic heterocycles. The van der Waals surface area contributed by atoms with Crippen LogP contribution in [0.5, 0.6) is 5.75 Å². The summed E-state index contributed by atoms with van der Waals surface area (Å²) in [5.74, 6) is 0.331. The van der Waals surface area contributed by atoms with Crippen molar-refractivity contribution in [3.63, 3.8) is 0 Å². The summed E-state index contributed by atoms with van der Waals surface area (Å²) < 4.78 is 32.8. The van der Waals surface area contributed by atoms with Gasteiger partial charge in [-0.1, -0.05) is 19.1 Å². The fourth-order valence-electron chi connectivity index (χ4n) is 3.68. The Morgan fingerprint density at radius 3 is 2.76 bits per heavy atom. The lowest BCUT2D eigenvalue weighted by molar-refractivity contribution is 0.0798. The van der Waals surface area contributed by atoms with E-state index in [0.717, 1.165) is 16.7 Å². The van der Waals surface area contributed by atoms with Crippen LogP contribution in [0.25, 0.3) is 5.57 Å². The van der Waals surface area contributed by atoms with Gasteiger partial charge < -0.3 is 9.84 Å². The van der Waals surface area contributed by atoms with Crippen molar-refractivity contribution in [2.24, 2.45) is 0 Å². The number of fused-ring (bicyclic) bond motifs is 1. The molecular weight excluding hydrogens is 479 g/mol. The van der Waals surface area contributed by atoms with Crippen LogP contribution in [0.1, 0.15) is 34.4 Å². The van der Waals surface area contributed by atoms with Crippen LogP contribution in [-0.2, 0) is 16.4 Å². The average molecular weight is 499 g/mol. The number of benzene rings is 2. The fourth-order valence-corrected chi connectivity index (χ4v) is 6.99. The molecule has 0 radical (unpaired) electrons. The molecule has 0 saturated carbocycles. The highest BCUT2D eigenvalue weighted by Gasteiger charge is 2.35. The first kappa shape index (κ1) is 22.1. The predicted molar refractivity (Wildman–Crippen MR) is 128 cm³/mol. The summed E-state index contributed by atoms with van der Waals surface area (Å²) in [6.45, 7) is 2.25. The zero-order chi connectivity index (χ0) is 23.0. The molecule has 2 unspecified atom stereocenters. The van der Waals surface area contributed by atoms with Gasteiger partial charge in [0.1, 0.15) is 34.0 Å². The average Bonchev–Trinajstić information content (AvgIpc) is 3.56. The van der Waals surface area contributed by atoms with E-state index in [1.54, 1.807) is 36.7 Å². The minimum Gasteiger partial charge on any atom is -0.489 e. The maximum Gasteiger partial charge on any atom is 0.186 e. The second-order valence-electron chi connectivity index (χ2n) is 7.40. The van der Waals surface area contributed by atoms with Crippen molar-refractivity contribution in [3.05, 3.63) is 93.1 Å². The Labute approximate surface area is 200 Å². The summed E-state index contributed by atoms with van der Waals surface area (Å²) in [6.07, 6.45) is 5.61. The molecule has 0 fully saturated rings. The molecule has 0 amide bonds. The number of nitrogens with zero attached hydrogens (tertiary/aromatic N) is 2. The third-order valence-corrected chi connectivity index (χ3v) is 9.16. The van der Waals surface area contributed by atoms with Gasteiger partial charge in [-0.25, -0.2) is 18.6 Å². The Bertz CT molecular complexity index is 1350. The number of thiazole rings is 2. The van der Waals surface area contributed by atoms with E-state index in [1.807, 2.05) is 24.4 Å². The number of ether oxygens (including phenoxy) is 1. The number of rotatable bonds is 6. The summed E-state index contributed by atoms with van der Waals surface area (Å²) >= 11 is 2.60. The van der Waals surface area contributed by atoms with Crippen LogP contribution >= 0.6 is 22.7 Å². The van der Waals surface area contributed by atoms with Crippen LogP contribution in [0.3, 0.4) is 0 Å². The lowest BCUT2D eigenvalue weighted by Crippen LogP contribution is -2.24. The van der Waals surface area contributed by atoms with Crippen molar-refractivity contribution in [2.45, 2.75) is 28.2 Å². The molecule has 5 nitrogen and oxygen atoms in total. The molecule has 4 aromatic rings. The maximum absolute atomic E-state index is 13.3. The highest BCUT2D eigenvalue weighted by molar-refractivity contribution is 7.87. The van der Waals surface area contributed by atoms with E-state index >= 15 is 0 Å². The zero-order valence-corrected chi connectivity index (χ0v) is 20.0. The van der Waals surface area contributed by atoms with Gasteiger partial charge in [-0.15, -0.1) is 22.7 Å². The van der Waals surface area contributed by atoms with E-state index in [-0.39, 0.29) is 5.82 Å². The predicted octanol–water partition coefficient (Wildman–Crippen LogP) is 5.38. The lowest BCUT2D eigenvalue weighted by atomic mass is 9.95. The molecule has 0 aliphatic carbocycles. The molecule has 2 aromatic carbocycles. The number of hydrogen-bond donors (Lipinski definition) is 1. The molecule has 1 N–H and O–H groups in total. The molecular formula is C24H19FN2O3S3. The Morgan fingerprint density at radius 1 is 1.21 bits per heavy atom. The first-order valence-electron chi connectivity index (χ1n) is 10.2. The Morgan fingerprint density at radius 2 is 2.03 bits per heavy atom. The van der Waals surface area contributed by atoms with Crippen LogP contribution in [-0.4, -0.2) is 25.9 Å². The van der Waals surface area contributed by atoms with Crippen LogP contribution in [0.2, 0.25) is 0 Å². The van der Waals surface area contributed by atoms with E-state index in [4.69, 9.17) is 4.74 Å². The third kappa shape index (κ3) is 4.06. The quantitative estimate of drug-likeness (QED) is 0.387. The van der Waals surface area contributed by atoms with Gasteiger partial charge in [0.15, 0.2) is 9.94 Å². The van der Waals surface area contributed by atoms with Crippen molar-refractivity contribution in [1.29, 1.82) is 0 Å². The van der Waals surface area contributed by atoms with Gasteiger partial charge >= 0.3 is 0 Å². The zero-order valence-electron chi connectivity index (χ0n) is 17.5. The minimum atomic E-state index is -1.54. The van der Waals surface area contributed by atoms with Gasteiger partial charge in [0.05, 0.1) is 4.88 Å². The lowest BCUT2D eigenvalue weighted by Gasteiger charge is -2.22. The number of aromatic nitrogens is 2. The summed E-state index contributed by atoms with van der Waals surface area (Å²) in [5, 5.41) is 13.6. The topological polar surface area (TPSA) is 72.3 Å². The summed E-state index contributed by atoms with van der Waals surface area (Å²) in [6, 6.07) is 11.7. The van der Waals surface area contributed by atoms with Crippen molar-refractivity contribution < 1.29 is 18.4 Å². The molecule has 2 atom stereocenters. The Hall–Kier alpha value is -2.72. The number of aliphatic hydroxyl groups is 1. The van der Waals surface area contributed by atoms with E-state index in [0.29, 0.717) is 37.9 Å². The molecule has 1 aliphatic heterocycles. The van der Waals surface area contributed by atoms with E-state index in [9.17, 15) is 13.7 Å². The van der Waals surface area contributed by atoms with Crippen molar-refractivity contribution in [1.82, 2.24) is 9.97 Å². The van der Waals surface area contributed by atoms with Gasteiger partial charge in [-0.2, -0.15) is 0 Å². The summed E-state index contributed by atoms with van der Waals surface area (Å²) in [7, 11) is -1.54. The second-order valence-corrected chi connectivity index (χ2v) is 11.0. The molecule has 33 heavy (non-hydrogen) atoms. The Kier molecular flexibility index (Phi) is 5.96. The summed E-state index contributed by atoms with van der Waals surface area (Å²) in [5.41, 5.74) is 1.45. The molecule has 9 heteroatoms. The molecule has 3 heterocycles. The number of halogens is 1. The van der Waals surface area contributed by atoms with E-state index < -0.39 is 16.4 Å². The van der Waals surface area contributed by atoms with Gasteiger partial charge in [0, 0.05) is 28.2 Å². The van der Waals surface area contributed by atoms with E-state index in [1.165, 1.54) is 34.8 Å². The first-order chi connectivity index (χ1) is 16.0. The van der Waals surface area contributed by atoms with Crippen molar-refractivity contribution in [2.75, 3.05) is 6.61 Å². The standard InChI is InChI=1S/C24H19FN2O3S3/c1-2-24(28,22-26-10-12-31-22)21-14-27-23(32-21)33(29)17-7-8-19-18(9-11-30-20(19)13-17)15-3-5-16(25)6-4-15/h3-10,12-14,28H,2,11H2,1H3. The first-order valence-corrected chi connectivity index (χ1v) is 13.1.